The summed E-state index contributed by atoms with van der Waals surface area (Å²) < 4.78 is 2.19. The summed E-state index contributed by atoms with van der Waals surface area (Å²) in [5, 5.41) is 14.3. The number of carbonyl (C=O) groups excluding carboxylic acids is 1. The molecular weight excluding hydrogens is 665 g/mol. The monoisotopic (exact) mass is 696 g/mol. The number of anilines is 1. The van der Waals surface area contributed by atoms with E-state index in [0.29, 0.717) is 22.5 Å². The summed E-state index contributed by atoms with van der Waals surface area (Å²) in [4.78, 5) is 25.2. The van der Waals surface area contributed by atoms with Crippen LogP contribution in [0.5, 0.6) is 0 Å². The number of pyridine rings is 2. The Hall–Kier alpha value is -7.15. The van der Waals surface area contributed by atoms with Crippen molar-refractivity contribution < 1.29 is 9.90 Å². The minimum Gasteiger partial charge on any atom is -0.369 e. The van der Waals surface area contributed by atoms with E-state index in [1.807, 2.05) is 103 Å². The molecule has 1 N–H and O–H groups in total. The van der Waals surface area contributed by atoms with Crippen LogP contribution >= 0.6 is 0 Å². The zero-order chi connectivity index (χ0) is 36.2. The second-order valence-electron chi connectivity index (χ2n) is 13.5. The van der Waals surface area contributed by atoms with Gasteiger partial charge in [-0.2, -0.15) is 0 Å². The zero-order valence-electron chi connectivity index (χ0n) is 29.0. The molecule has 0 saturated carbocycles. The molecule has 6 aromatic carbocycles. The predicted molar refractivity (Wildman–Crippen MR) is 216 cm³/mol. The summed E-state index contributed by atoms with van der Waals surface area (Å²) in [6.45, 7) is 0. The van der Waals surface area contributed by atoms with Crippen LogP contribution in [0.25, 0.3) is 72.0 Å². The van der Waals surface area contributed by atoms with Crippen molar-refractivity contribution in [1.29, 1.82) is 0 Å². The first-order chi connectivity index (χ1) is 26.6. The van der Waals surface area contributed by atoms with Gasteiger partial charge < -0.3 is 9.67 Å². The molecule has 1 amide bonds. The van der Waals surface area contributed by atoms with Crippen LogP contribution in [0.3, 0.4) is 0 Å². The smallest absolute Gasteiger partial charge is 0.263 e. The molecule has 10 rings (SSSR count). The highest BCUT2D eigenvalue weighted by molar-refractivity contribution is 6.17. The Morgan fingerprint density at radius 2 is 0.981 bits per heavy atom. The van der Waals surface area contributed by atoms with Crippen molar-refractivity contribution >= 4 is 33.4 Å². The predicted octanol–water partition coefficient (Wildman–Crippen LogP) is 10.9. The molecule has 1 aliphatic rings. The molecule has 1 unspecified atom stereocenters. The van der Waals surface area contributed by atoms with Crippen molar-refractivity contribution in [3.63, 3.8) is 0 Å². The number of aliphatic hydroxyl groups is 1. The number of aliphatic hydroxyl groups excluding tert-OH is 1. The molecule has 1 aliphatic heterocycles. The fraction of sp³-hybridized carbons (Fsp3) is 0.0208. The summed E-state index contributed by atoms with van der Waals surface area (Å²) in [5.74, 6) is -0.263. The molecule has 0 fully saturated rings. The number of carbonyl (C=O) groups is 1. The molecule has 3 aromatic heterocycles. The number of amides is 1. The van der Waals surface area contributed by atoms with E-state index in [9.17, 15) is 5.11 Å². The third kappa shape index (κ3) is 5.11. The van der Waals surface area contributed by atoms with Gasteiger partial charge in [-0.25, -0.2) is 0 Å². The Bertz CT molecular complexity index is 2760. The highest BCUT2D eigenvalue weighted by atomic mass is 16.3. The molecule has 0 saturated heterocycles. The first kappa shape index (κ1) is 31.6. The second-order valence-corrected chi connectivity index (χ2v) is 13.5. The van der Waals surface area contributed by atoms with E-state index in [2.05, 4.69) is 69.1 Å². The molecule has 0 aliphatic carbocycles. The molecule has 0 spiro atoms. The van der Waals surface area contributed by atoms with E-state index >= 15 is 4.79 Å². The lowest BCUT2D eigenvalue weighted by atomic mass is 9.97. The Kier molecular flexibility index (Phi) is 7.49. The standard InChI is InChI=1S/C48H32N4O2/c53-47-41-12-7-13-42(46(41)48(54)52(47)43-28-35(31-8-3-1-4-9-31)14-17-38(43)34-10-5-2-6-11-34)51-44-29-36(32-20-24-49-25-21-32)15-18-39(44)40-19-16-37(30-45(40)51)33-22-26-50-27-23-33/h1-30,47,53H. The molecule has 1 atom stereocenters. The molecule has 256 valence electrons. The van der Waals surface area contributed by atoms with Crippen LogP contribution in [0.4, 0.5) is 5.69 Å². The lowest BCUT2D eigenvalue weighted by Gasteiger charge is -2.25. The molecule has 6 heteroatoms. The van der Waals surface area contributed by atoms with Crippen LogP contribution < -0.4 is 4.90 Å². The van der Waals surface area contributed by atoms with Crippen molar-refractivity contribution in [3.05, 3.63) is 194 Å². The SMILES string of the molecule is O=C1c2c(cccc2-n2c3cc(-c4ccncc4)ccc3c3ccc(-c4ccncc4)cc32)C(O)N1c1cc(-c2ccccc2)ccc1-c1ccccc1. The van der Waals surface area contributed by atoms with Gasteiger partial charge in [0.1, 0.15) is 0 Å². The summed E-state index contributed by atoms with van der Waals surface area (Å²) in [5.41, 5.74) is 12.3. The average Bonchev–Trinajstić information content (AvgIpc) is 3.71. The highest BCUT2D eigenvalue weighted by Gasteiger charge is 2.40. The maximum atomic E-state index is 15.1. The maximum Gasteiger partial charge on any atom is 0.263 e. The lowest BCUT2D eigenvalue weighted by Crippen LogP contribution is -2.28. The molecular formula is C48H32N4O2. The summed E-state index contributed by atoms with van der Waals surface area (Å²) in [7, 11) is 0. The van der Waals surface area contributed by atoms with E-state index in [0.717, 1.165) is 66.3 Å². The minimum absolute atomic E-state index is 0.263. The van der Waals surface area contributed by atoms with Gasteiger partial charge >= 0.3 is 0 Å². The number of hydrogen-bond acceptors (Lipinski definition) is 4. The van der Waals surface area contributed by atoms with E-state index in [1.54, 1.807) is 29.7 Å². The van der Waals surface area contributed by atoms with Gasteiger partial charge in [-0.05, 0) is 87.5 Å². The third-order valence-electron chi connectivity index (χ3n) is 10.5. The molecule has 0 bridgehead atoms. The van der Waals surface area contributed by atoms with Gasteiger partial charge in [-0.15, -0.1) is 0 Å². The number of benzene rings is 6. The quantitative estimate of drug-likeness (QED) is 0.188. The molecule has 0 radical (unpaired) electrons. The fourth-order valence-corrected chi connectivity index (χ4v) is 7.93. The molecule has 54 heavy (non-hydrogen) atoms. The van der Waals surface area contributed by atoms with Crippen molar-refractivity contribution in [2.75, 3.05) is 4.90 Å². The molecule has 4 heterocycles. The van der Waals surface area contributed by atoms with Gasteiger partial charge in [-0.1, -0.05) is 109 Å². The van der Waals surface area contributed by atoms with E-state index in [-0.39, 0.29) is 5.91 Å². The molecule has 9 aromatic rings. The van der Waals surface area contributed by atoms with Gasteiger partial charge in [0.15, 0.2) is 6.23 Å². The summed E-state index contributed by atoms with van der Waals surface area (Å²) in [6, 6.07) is 53.0. The summed E-state index contributed by atoms with van der Waals surface area (Å²) in [6.07, 6.45) is 5.99. The van der Waals surface area contributed by atoms with Crippen LogP contribution in [-0.4, -0.2) is 25.5 Å². The Morgan fingerprint density at radius 1 is 0.463 bits per heavy atom. The van der Waals surface area contributed by atoms with E-state index in [4.69, 9.17) is 0 Å². The summed E-state index contributed by atoms with van der Waals surface area (Å²) >= 11 is 0. The Labute approximate surface area is 311 Å². The van der Waals surface area contributed by atoms with E-state index in [1.165, 1.54) is 0 Å². The van der Waals surface area contributed by atoms with Crippen LogP contribution in [0.2, 0.25) is 0 Å². The first-order valence-electron chi connectivity index (χ1n) is 17.9. The highest BCUT2D eigenvalue weighted by Crippen LogP contribution is 2.46. The normalized spacial score (nSPS) is 13.8. The maximum absolute atomic E-state index is 15.1. The van der Waals surface area contributed by atoms with Gasteiger partial charge in [0.2, 0.25) is 0 Å². The Balaban J connectivity index is 1.21. The fourth-order valence-electron chi connectivity index (χ4n) is 7.93. The van der Waals surface area contributed by atoms with Crippen molar-refractivity contribution in [2.45, 2.75) is 6.23 Å². The van der Waals surface area contributed by atoms with Crippen LogP contribution in [-0.2, 0) is 0 Å². The number of nitrogens with zero attached hydrogens (tertiary/aromatic N) is 4. The average molecular weight is 697 g/mol. The van der Waals surface area contributed by atoms with Crippen molar-refractivity contribution in [3.8, 4) is 50.2 Å². The van der Waals surface area contributed by atoms with Crippen LogP contribution in [0, 0.1) is 0 Å². The first-order valence-corrected chi connectivity index (χ1v) is 17.9. The van der Waals surface area contributed by atoms with Gasteiger partial charge in [0, 0.05) is 46.7 Å². The lowest BCUT2D eigenvalue weighted by molar-refractivity contribution is 0.0935. The largest absolute Gasteiger partial charge is 0.369 e. The number of fused-ring (bicyclic) bond motifs is 4. The topological polar surface area (TPSA) is 71.2 Å². The van der Waals surface area contributed by atoms with Crippen molar-refractivity contribution in [1.82, 2.24) is 14.5 Å². The van der Waals surface area contributed by atoms with Gasteiger partial charge in [0.05, 0.1) is 28.0 Å². The minimum atomic E-state index is -1.20. The number of hydrogen-bond donors (Lipinski definition) is 1. The van der Waals surface area contributed by atoms with E-state index < -0.39 is 6.23 Å². The van der Waals surface area contributed by atoms with Gasteiger partial charge in [0.25, 0.3) is 5.91 Å². The van der Waals surface area contributed by atoms with Crippen LogP contribution in [0.15, 0.2) is 183 Å². The van der Waals surface area contributed by atoms with Crippen molar-refractivity contribution in [2.24, 2.45) is 0 Å². The number of rotatable bonds is 6. The number of aromatic nitrogens is 3. The Morgan fingerprint density at radius 3 is 1.57 bits per heavy atom. The molecule has 6 nitrogen and oxygen atoms in total. The zero-order valence-corrected chi connectivity index (χ0v) is 29.0. The third-order valence-corrected chi connectivity index (χ3v) is 10.5. The van der Waals surface area contributed by atoms with Crippen LogP contribution in [0.1, 0.15) is 22.1 Å². The van der Waals surface area contributed by atoms with Gasteiger partial charge in [-0.3, -0.25) is 19.7 Å². The second kappa shape index (κ2) is 12.8.